The molecule has 1 aromatic carbocycles. The van der Waals surface area contributed by atoms with Gasteiger partial charge < -0.3 is 53.3 Å². The fourth-order valence-electron chi connectivity index (χ4n) is 3.06. The Bertz CT molecular complexity index is 710. The number of hydrogen-bond acceptors (Lipinski definition) is 11. The molecule has 0 radical (unpaired) electrons. The lowest BCUT2D eigenvalue weighted by atomic mass is 10.2. The number of benzene rings is 1. The highest BCUT2D eigenvalue weighted by Gasteiger charge is 2.19. The van der Waals surface area contributed by atoms with Gasteiger partial charge in [-0.15, -0.1) is 0 Å². The van der Waals surface area contributed by atoms with Crippen LogP contribution in [0.3, 0.4) is 0 Å². The Morgan fingerprint density at radius 1 is 0.763 bits per heavy atom. The molecule has 12 heteroatoms. The molecule has 1 unspecified atom stereocenters. The third-order valence-electron chi connectivity index (χ3n) is 4.89. The van der Waals surface area contributed by atoms with E-state index in [1.807, 2.05) is 37.1 Å². The van der Waals surface area contributed by atoms with Crippen LogP contribution >= 0.6 is 0 Å². The van der Waals surface area contributed by atoms with E-state index in [1.165, 1.54) is 0 Å². The van der Waals surface area contributed by atoms with Crippen LogP contribution in [0.2, 0.25) is 19.6 Å². The van der Waals surface area contributed by atoms with E-state index in [9.17, 15) is 5.11 Å². The van der Waals surface area contributed by atoms with Crippen LogP contribution in [0.15, 0.2) is 18.2 Å². The summed E-state index contributed by atoms with van der Waals surface area (Å²) >= 11 is 0. The minimum atomic E-state index is -1.78. The molecular weight excluding hydrogens is 512 g/mol. The van der Waals surface area contributed by atoms with Crippen molar-refractivity contribution in [2.24, 2.45) is 0 Å². The fourth-order valence-corrected chi connectivity index (χ4v) is 3.89. The first-order valence-corrected chi connectivity index (χ1v) is 16.7. The first kappa shape index (κ1) is 34.5. The number of nitrogens with zero attached hydrogens (tertiary/aromatic N) is 1. The molecule has 38 heavy (non-hydrogen) atoms. The van der Waals surface area contributed by atoms with Crippen molar-refractivity contribution in [1.29, 1.82) is 0 Å². The molecule has 1 rings (SSSR count). The zero-order valence-electron chi connectivity index (χ0n) is 23.9. The van der Waals surface area contributed by atoms with Gasteiger partial charge in [-0.3, -0.25) is 0 Å². The summed E-state index contributed by atoms with van der Waals surface area (Å²) in [6.45, 7) is 15.1. The number of ether oxygens (including phenoxy) is 7. The lowest BCUT2D eigenvalue weighted by Gasteiger charge is -2.25. The summed E-state index contributed by atoms with van der Waals surface area (Å²) in [7, 11) is 0.0943. The largest absolute Gasteiger partial charge is 0.543 e. The van der Waals surface area contributed by atoms with E-state index < -0.39 is 14.6 Å². The second kappa shape index (κ2) is 21.4. The molecule has 0 spiro atoms. The summed E-state index contributed by atoms with van der Waals surface area (Å²) in [6.07, 6.45) is -0.951. The van der Waals surface area contributed by atoms with Gasteiger partial charge in [-0.2, -0.15) is 0 Å². The lowest BCUT2D eigenvalue weighted by molar-refractivity contribution is -0.107. The van der Waals surface area contributed by atoms with Crippen LogP contribution in [0.25, 0.3) is 0 Å². The van der Waals surface area contributed by atoms with E-state index in [4.69, 9.17) is 43.3 Å². The predicted octanol–water partition coefficient (Wildman–Crippen LogP) is 2.37. The van der Waals surface area contributed by atoms with Crippen LogP contribution in [0.4, 0.5) is 11.4 Å². The molecular formula is C26H50N2O9Si. The molecule has 0 aromatic heterocycles. The molecule has 0 aliphatic rings. The minimum absolute atomic E-state index is 0.279. The Labute approximate surface area is 229 Å². The molecule has 0 aliphatic heterocycles. The normalized spacial score (nSPS) is 12.6. The van der Waals surface area contributed by atoms with Crippen molar-refractivity contribution in [3.63, 3.8) is 0 Å². The SMILES string of the molecule is CCOCCOCCOCCOCCOCCOCCOC(O)CN(C)c1ccc(N)c(O[Si](C)(C)C)c1. The average Bonchev–Trinajstić information content (AvgIpc) is 2.86. The zero-order valence-corrected chi connectivity index (χ0v) is 24.9. The Hall–Kier alpha value is -1.48. The smallest absolute Gasteiger partial charge is 0.242 e. The molecule has 3 N–H and O–H groups in total. The van der Waals surface area contributed by atoms with Crippen LogP contribution in [-0.4, -0.2) is 119 Å². The Kier molecular flexibility index (Phi) is 19.4. The highest BCUT2D eigenvalue weighted by atomic mass is 28.4. The van der Waals surface area contributed by atoms with Crippen LogP contribution < -0.4 is 15.1 Å². The Morgan fingerprint density at radius 2 is 1.21 bits per heavy atom. The molecule has 0 bridgehead atoms. The van der Waals surface area contributed by atoms with E-state index in [0.717, 1.165) is 5.69 Å². The third-order valence-corrected chi connectivity index (χ3v) is 5.72. The molecule has 0 saturated carbocycles. The summed E-state index contributed by atoms with van der Waals surface area (Å²) in [6, 6.07) is 5.60. The van der Waals surface area contributed by atoms with Crippen molar-refractivity contribution >= 4 is 19.7 Å². The molecule has 11 nitrogen and oxygen atoms in total. The topological polar surface area (TPSA) is 123 Å². The summed E-state index contributed by atoms with van der Waals surface area (Å²) in [5.41, 5.74) is 7.54. The standard InChI is InChI=1S/C26H50N2O9Si/c1-6-30-9-10-31-11-12-32-13-14-33-15-16-34-17-18-35-19-20-36-26(29)22-28(2)23-7-8-24(27)25(21-23)37-38(3,4)5/h7-8,21,26,29H,6,9-20,22,27H2,1-5H3. The lowest BCUT2D eigenvalue weighted by Crippen LogP contribution is -2.32. The maximum absolute atomic E-state index is 10.2. The maximum atomic E-state index is 10.2. The number of likely N-dealkylation sites (N-methyl/N-ethyl adjacent to an activating group) is 1. The molecule has 0 saturated heterocycles. The van der Waals surface area contributed by atoms with Gasteiger partial charge >= 0.3 is 0 Å². The van der Waals surface area contributed by atoms with Gasteiger partial charge in [0.05, 0.1) is 91.5 Å². The van der Waals surface area contributed by atoms with E-state index in [0.29, 0.717) is 97.3 Å². The highest BCUT2D eigenvalue weighted by molar-refractivity contribution is 6.70. The molecule has 1 atom stereocenters. The van der Waals surface area contributed by atoms with E-state index >= 15 is 0 Å². The number of hydrogen-bond donors (Lipinski definition) is 2. The van der Waals surface area contributed by atoms with E-state index in [1.54, 1.807) is 0 Å². The van der Waals surface area contributed by atoms with E-state index in [2.05, 4.69) is 19.6 Å². The van der Waals surface area contributed by atoms with Gasteiger partial charge in [0, 0.05) is 25.4 Å². The number of aliphatic hydroxyl groups is 1. The van der Waals surface area contributed by atoms with Gasteiger partial charge in [-0.05, 0) is 38.7 Å². The molecule has 0 amide bonds. The third kappa shape index (κ3) is 18.7. The molecule has 0 heterocycles. The van der Waals surface area contributed by atoms with Crippen molar-refractivity contribution in [2.75, 3.05) is 110 Å². The van der Waals surface area contributed by atoms with E-state index in [-0.39, 0.29) is 6.61 Å². The number of rotatable bonds is 25. The van der Waals surface area contributed by atoms with Crippen LogP contribution in [0.1, 0.15) is 6.92 Å². The molecule has 222 valence electrons. The van der Waals surface area contributed by atoms with Gasteiger partial charge in [-0.1, -0.05) is 0 Å². The highest BCUT2D eigenvalue weighted by Crippen LogP contribution is 2.29. The monoisotopic (exact) mass is 562 g/mol. The first-order chi connectivity index (χ1) is 18.2. The van der Waals surface area contributed by atoms with Crippen molar-refractivity contribution in [3.05, 3.63) is 18.2 Å². The van der Waals surface area contributed by atoms with Crippen molar-refractivity contribution in [2.45, 2.75) is 32.9 Å². The predicted molar refractivity (Wildman–Crippen MR) is 151 cm³/mol. The van der Waals surface area contributed by atoms with Crippen molar-refractivity contribution < 1.29 is 42.7 Å². The summed E-state index contributed by atoms with van der Waals surface area (Å²) < 4.78 is 43.8. The van der Waals surface area contributed by atoms with Crippen molar-refractivity contribution in [3.8, 4) is 5.75 Å². The maximum Gasteiger partial charge on any atom is 0.242 e. The summed E-state index contributed by atoms with van der Waals surface area (Å²) in [5.74, 6) is 0.672. The van der Waals surface area contributed by atoms with Gasteiger partial charge in [0.1, 0.15) is 5.75 Å². The summed E-state index contributed by atoms with van der Waals surface area (Å²) in [5, 5.41) is 10.2. The van der Waals surface area contributed by atoms with Crippen LogP contribution in [0.5, 0.6) is 5.75 Å². The van der Waals surface area contributed by atoms with Gasteiger partial charge in [0.15, 0.2) is 6.29 Å². The van der Waals surface area contributed by atoms with Gasteiger partial charge in [-0.25, -0.2) is 0 Å². The second-order valence-corrected chi connectivity index (χ2v) is 13.8. The number of anilines is 2. The number of aliphatic hydroxyl groups excluding tert-OH is 1. The minimum Gasteiger partial charge on any atom is -0.543 e. The summed E-state index contributed by atoms with van der Waals surface area (Å²) in [4.78, 5) is 1.89. The number of nitrogens with two attached hydrogens (primary N) is 1. The first-order valence-electron chi connectivity index (χ1n) is 13.3. The quantitative estimate of drug-likeness (QED) is 0.0790. The van der Waals surface area contributed by atoms with Gasteiger partial charge in [0.2, 0.25) is 8.32 Å². The Balaban J connectivity index is 1.96. The van der Waals surface area contributed by atoms with Crippen LogP contribution in [0, 0.1) is 0 Å². The van der Waals surface area contributed by atoms with Crippen molar-refractivity contribution in [1.82, 2.24) is 0 Å². The molecule has 0 fully saturated rings. The van der Waals surface area contributed by atoms with Gasteiger partial charge in [0.25, 0.3) is 0 Å². The molecule has 0 aliphatic carbocycles. The second-order valence-electron chi connectivity index (χ2n) is 9.40. The Morgan fingerprint density at radius 3 is 1.66 bits per heavy atom. The molecule has 1 aromatic rings. The van der Waals surface area contributed by atoms with Crippen LogP contribution in [-0.2, 0) is 33.2 Å². The average molecular weight is 563 g/mol. The number of nitrogen functional groups attached to an aromatic ring is 1. The fraction of sp³-hybridized carbons (Fsp3) is 0.769. The zero-order chi connectivity index (χ0) is 28.1.